The van der Waals surface area contributed by atoms with E-state index >= 15 is 0 Å². The van der Waals surface area contributed by atoms with Crippen LogP contribution in [0.15, 0.2) is 42.6 Å². The van der Waals surface area contributed by atoms with Gasteiger partial charge in [-0.05, 0) is 17.2 Å². The van der Waals surface area contributed by atoms with E-state index in [2.05, 4.69) is 24.0 Å². The molecule has 0 spiro atoms. The normalized spacial score (nSPS) is 12.3. The number of aromatic amines is 1. The van der Waals surface area contributed by atoms with Crippen LogP contribution in [-0.4, -0.2) is 11.3 Å². The van der Waals surface area contributed by atoms with E-state index in [1.165, 1.54) is 5.56 Å². The summed E-state index contributed by atoms with van der Waals surface area (Å²) in [6.07, 6.45) is 2.67. The summed E-state index contributed by atoms with van der Waals surface area (Å²) in [5.41, 5.74) is 2.95. The van der Waals surface area contributed by atoms with Gasteiger partial charge in [0.25, 0.3) is 0 Å². The molecule has 15 heavy (non-hydrogen) atoms. The van der Waals surface area contributed by atoms with Crippen LogP contribution in [0.2, 0.25) is 0 Å². The molecule has 1 unspecified atom stereocenters. The fraction of sp³-hybridized carbons (Fsp3) is 0.154. The van der Waals surface area contributed by atoms with Crippen molar-refractivity contribution >= 4 is 6.29 Å². The highest BCUT2D eigenvalue weighted by Crippen LogP contribution is 2.25. The maximum absolute atomic E-state index is 10.8. The van der Waals surface area contributed by atoms with Crippen molar-refractivity contribution in [3.8, 4) is 0 Å². The molecule has 0 saturated heterocycles. The minimum absolute atomic E-state index is 0.248. The second-order valence-electron chi connectivity index (χ2n) is 3.60. The van der Waals surface area contributed by atoms with Gasteiger partial charge < -0.3 is 4.98 Å². The van der Waals surface area contributed by atoms with Crippen LogP contribution >= 0.6 is 0 Å². The minimum Gasteiger partial charge on any atom is -0.359 e. The second-order valence-corrected chi connectivity index (χ2v) is 3.60. The van der Waals surface area contributed by atoms with Gasteiger partial charge in [-0.2, -0.15) is 0 Å². The number of hydrogen-bond acceptors (Lipinski definition) is 1. The number of nitrogens with one attached hydrogen (secondary N) is 1. The molecule has 1 aromatic carbocycles. The van der Waals surface area contributed by atoms with E-state index in [0.29, 0.717) is 5.69 Å². The van der Waals surface area contributed by atoms with Gasteiger partial charge in [0.1, 0.15) is 0 Å². The summed E-state index contributed by atoms with van der Waals surface area (Å²) in [5.74, 6) is 0.248. The number of H-pyrrole nitrogens is 1. The Bertz CT molecular complexity index is 445. The van der Waals surface area contributed by atoms with Crippen LogP contribution < -0.4 is 0 Å². The molecule has 0 amide bonds. The van der Waals surface area contributed by atoms with Gasteiger partial charge in [-0.25, -0.2) is 0 Å². The van der Waals surface area contributed by atoms with Gasteiger partial charge in [-0.1, -0.05) is 37.3 Å². The Hall–Kier alpha value is -1.83. The van der Waals surface area contributed by atoms with E-state index in [9.17, 15) is 4.79 Å². The first-order valence-electron chi connectivity index (χ1n) is 5.00. The highest BCUT2D eigenvalue weighted by molar-refractivity contribution is 5.75. The number of carbonyl (C=O) groups excluding carboxylic acids is 1. The van der Waals surface area contributed by atoms with Crippen LogP contribution in [0.5, 0.6) is 0 Å². The lowest BCUT2D eigenvalue weighted by Crippen LogP contribution is -1.98. The first-order valence-corrected chi connectivity index (χ1v) is 5.00. The summed E-state index contributed by atoms with van der Waals surface area (Å²) in [4.78, 5) is 13.7. The van der Waals surface area contributed by atoms with Gasteiger partial charge in [0.05, 0.1) is 5.69 Å². The van der Waals surface area contributed by atoms with Crippen LogP contribution in [0.4, 0.5) is 0 Å². The van der Waals surface area contributed by atoms with Crippen LogP contribution in [-0.2, 0) is 0 Å². The zero-order valence-electron chi connectivity index (χ0n) is 8.60. The summed E-state index contributed by atoms with van der Waals surface area (Å²) in [7, 11) is 0. The molecule has 2 rings (SSSR count). The predicted octanol–water partition coefficient (Wildman–Crippen LogP) is 2.98. The maximum Gasteiger partial charge on any atom is 0.166 e. The quantitative estimate of drug-likeness (QED) is 0.757. The zero-order valence-corrected chi connectivity index (χ0v) is 8.60. The molecule has 0 saturated carbocycles. The Labute approximate surface area is 89.0 Å². The van der Waals surface area contributed by atoms with Crippen molar-refractivity contribution in [1.29, 1.82) is 0 Å². The van der Waals surface area contributed by atoms with Crippen molar-refractivity contribution in [3.63, 3.8) is 0 Å². The summed E-state index contributed by atoms with van der Waals surface area (Å²) in [5, 5.41) is 0. The molecule has 2 heteroatoms. The Morgan fingerprint density at radius 2 is 1.93 bits per heavy atom. The Balaban J connectivity index is 2.36. The lowest BCUT2D eigenvalue weighted by atomic mass is 9.93. The highest BCUT2D eigenvalue weighted by Gasteiger charge is 2.12. The minimum atomic E-state index is 0.248. The summed E-state index contributed by atoms with van der Waals surface area (Å²) in [6.45, 7) is 2.10. The summed E-state index contributed by atoms with van der Waals surface area (Å²) in [6, 6.07) is 12.1. The van der Waals surface area contributed by atoms with E-state index in [4.69, 9.17) is 0 Å². The number of hydrogen-bond donors (Lipinski definition) is 1. The van der Waals surface area contributed by atoms with Gasteiger partial charge in [-0.15, -0.1) is 0 Å². The highest BCUT2D eigenvalue weighted by atomic mass is 16.1. The molecule has 0 fully saturated rings. The second kappa shape index (κ2) is 4.13. The van der Waals surface area contributed by atoms with Crippen molar-refractivity contribution in [2.24, 2.45) is 0 Å². The average Bonchev–Trinajstić information content (AvgIpc) is 2.77. The van der Waals surface area contributed by atoms with Crippen molar-refractivity contribution < 1.29 is 4.79 Å². The number of aldehydes is 1. The molecular formula is C13H13NO. The van der Waals surface area contributed by atoms with E-state index in [-0.39, 0.29) is 5.92 Å². The average molecular weight is 199 g/mol. The van der Waals surface area contributed by atoms with E-state index in [0.717, 1.165) is 11.8 Å². The van der Waals surface area contributed by atoms with Gasteiger partial charge in [0.2, 0.25) is 0 Å². The summed E-state index contributed by atoms with van der Waals surface area (Å²) < 4.78 is 0. The first kappa shape index (κ1) is 9.71. The molecule has 1 N–H and O–H groups in total. The number of carbonyl (C=O) groups is 1. The lowest BCUT2D eigenvalue weighted by Gasteiger charge is -2.10. The third kappa shape index (κ3) is 1.84. The van der Waals surface area contributed by atoms with Gasteiger partial charge in [0, 0.05) is 12.1 Å². The third-order valence-electron chi connectivity index (χ3n) is 2.70. The molecule has 2 aromatic rings. The maximum atomic E-state index is 10.8. The fourth-order valence-corrected chi connectivity index (χ4v) is 1.80. The molecular weight excluding hydrogens is 186 g/mol. The smallest absolute Gasteiger partial charge is 0.166 e. The molecule has 0 bridgehead atoms. The SMILES string of the molecule is CC(c1ccccc1)c1cc[nH]c1C=O. The van der Waals surface area contributed by atoms with Crippen LogP contribution in [0.1, 0.15) is 34.5 Å². The Kier molecular flexibility index (Phi) is 2.68. The van der Waals surface area contributed by atoms with Gasteiger partial charge >= 0.3 is 0 Å². The molecule has 0 aliphatic heterocycles. The predicted molar refractivity (Wildman–Crippen MR) is 60.1 cm³/mol. The van der Waals surface area contributed by atoms with E-state index < -0.39 is 0 Å². The monoisotopic (exact) mass is 199 g/mol. The number of benzene rings is 1. The van der Waals surface area contributed by atoms with Crippen molar-refractivity contribution in [1.82, 2.24) is 4.98 Å². The molecule has 0 radical (unpaired) electrons. The van der Waals surface area contributed by atoms with E-state index in [1.54, 1.807) is 6.20 Å². The fourth-order valence-electron chi connectivity index (χ4n) is 1.80. The van der Waals surface area contributed by atoms with Crippen molar-refractivity contribution in [2.45, 2.75) is 12.8 Å². The Morgan fingerprint density at radius 3 is 2.60 bits per heavy atom. The number of aromatic nitrogens is 1. The third-order valence-corrected chi connectivity index (χ3v) is 2.70. The van der Waals surface area contributed by atoms with Gasteiger partial charge in [-0.3, -0.25) is 4.79 Å². The summed E-state index contributed by atoms with van der Waals surface area (Å²) >= 11 is 0. The zero-order chi connectivity index (χ0) is 10.7. The van der Waals surface area contributed by atoms with Crippen LogP contribution in [0.25, 0.3) is 0 Å². The van der Waals surface area contributed by atoms with Gasteiger partial charge in [0.15, 0.2) is 6.29 Å². The molecule has 0 aliphatic rings. The Morgan fingerprint density at radius 1 is 1.20 bits per heavy atom. The molecule has 76 valence electrons. The molecule has 1 atom stereocenters. The lowest BCUT2D eigenvalue weighted by molar-refractivity contribution is 0.111. The molecule has 0 aliphatic carbocycles. The molecule has 1 aromatic heterocycles. The van der Waals surface area contributed by atoms with Crippen molar-refractivity contribution in [3.05, 3.63) is 59.4 Å². The molecule has 2 nitrogen and oxygen atoms in total. The standard InChI is InChI=1S/C13H13NO/c1-10(11-5-3-2-4-6-11)12-7-8-14-13(12)9-15/h2-10,14H,1H3. The van der Waals surface area contributed by atoms with E-state index in [1.807, 2.05) is 24.3 Å². The number of rotatable bonds is 3. The largest absolute Gasteiger partial charge is 0.359 e. The first-order chi connectivity index (χ1) is 7.33. The molecule has 1 heterocycles. The van der Waals surface area contributed by atoms with Crippen molar-refractivity contribution in [2.75, 3.05) is 0 Å². The van der Waals surface area contributed by atoms with Crippen LogP contribution in [0.3, 0.4) is 0 Å². The van der Waals surface area contributed by atoms with Crippen LogP contribution in [0, 0.1) is 0 Å². The topological polar surface area (TPSA) is 32.9 Å².